The zero-order valence-corrected chi connectivity index (χ0v) is 11.2. The molecule has 0 aliphatic carbocycles. The van der Waals surface area contributed by atoms with Gasteiger partial charge in [-0.05, 0) is 6.42 Å². The van der Waals surface area contributed by atoms with Crippen LogP contribution < -0.4 is 5.32 Å². The van der Waals surface area contributed by atoms with Crippen molar-refractivity contribution in [3.05, 3.63) is 12.7 Å². The maximum atomic E-state index is 11.5. The predicted octanol–water partition coefficient (Wildman–Crippen LogP) is -0.298. The first-order valence-electron chi connectivity index (χ1n) is 5.20. The molecule has 104 valence electrons. The topological polar surface area (TPSA) is 104 Å². The van der Waals surface area contributed by atoms with Crippen LogP contribution in [0.5, 0.6) is 0 Å². The fourth-order valence-corrected chi connectivity index (χ4v) is 1.79. The summed E-state index contributed by atoms with van der Waals surface area (Å²) in [6.45, 7) is 3.72. The van der Waals surface area contributed by atoms with E-state index in [2.05, 4.69) is 11.9 Å². The van der Waals surface area contributed by atoms with Crippen LogP contribution in [0.3, 0.4) is 0 Å². The summed E-state index contributed by atoms with van der Waals surface area (Å²) >= 11 is 0. The lowest BCUT2D eigenvalue weighted by molar-refractivity contribution is -0.139. The molecule has 0 aromatic carbocycles. The summed E-state index contributed by atoms with van der Waals surface area (Å²) in [6, 6.07) is -1.81. The van der Waals surface area contributed by atoms with Gasteiger partial charge in [0.1, 0.15) is 15.9 Å². The van der Waals surface area contributed by atoms with Gasteiger partial charge < -0.3 is 15.3 Å². The molecular formula is C10H18N2O5S. The molecule has 1 atom stereocenters. The maximum Gasteiger partial charge on any atom is 0.326 e. The number of carboxylic acids is 1. The van der Waals surface area contributed by atoms with Crippen LogP contribution in [0.25, 0.3) is 0 Å². The SMILES string of the molecule is C=CCN(C)C(=O)NC(CCS(C)(=O)=O)C(=O)O. The molecule has 2 amide bonds. The molecule has 1 unspecified atom stereocenters. The van der Waals surface area contributed by atoms with Crippen molar-refractivity contribution >= 4 is 21.8 Å². The number of urea groups is 1. The number of nitrogens with zero attached hydrogens (tertiary/aromatic N) is 1. The summed E-state index contributed by atoms with van der Waals surface area (Å²) in [5.41, 5.74) is 0. The first-order chi connectivity index (χ1) is 8.17. The first-order valence-corrected chi connectivity index (χ1v) is 7.26. The molecule has 0 aromatic heterocycles. The third-order valence-corrected chi connectivity index (χ3v) is 3.10. The van der Waals surface area contributed by atoms with Crippen LogP contribution >= 0.6 is 0 Å². The second kappa shape index (κ2) is 7.00. The molecule has 0 heterocycles. The Kier molecular flexibility index (Phi) is 6.39. The first kappa shape index (κ1) is 16.4. The van der Waals surface area contributed by atoms with Crippen LogP contribution in [0.15, 0.2) is 12.7 Å². The van der Waals surface area contributed by atoms with Gasteiger partial charge in [0.25, 0.3) is 0 Å². The third kappa shape index (κ3) is 6.89. The van der Waals surface area contributed by atoms with Gasteiger partial charge in [-0.3, -0.25) is 0 Å². The summed E-state index contributed by atoms with van der Waals surface area (Å²) in [5.74, 6) is -1.56. The molecule has 0 spiro atoms. The number of nitrogens with one attached hydrogen (secondary N) is 1. The molecule has 0 aliphatic rings. The lowest BCUT2D eigenvalue weighted by Crippen LogP contribution is -2.47. The summed E-state index contributed by atoms with van der Waals surface area (Å²) < 4.78 is 21.9. The molecule has 0 radical (unpaired) electrons. The normalized spacial score (nSPS) is 12.6. The van der Waals surface area contributed by atoms with E-state index >= 15 is 0 Å². The third-order valence-electron chi connectivity index (χ3n) is 2.12. The van der Waals surface area contributed by atoms with E-state index in [-0.39, 0.29) is 18.7 Å². The van der Waals surface area contributed by atoms with Crippen LogP contribution in [0.2, 0.25) is 0 Å². The van der Waals surface area contributed by atoms with Crippen molar-refractivity contribution in [2.45, 2.75) is 12.5 Å². The number of aliphatic carboxylic acids is 1. The highest BCUT2D eigenvalue weighted by Crippen LogP contribution is 1.98. The Labute approximate surface area is 106 Å². The molecule has 2 N–H and O–H groups in total. The van der Waals surface area contributed by atoms with E-state index in [1.54, 1.807) is 0 Å². The molecule has 8 heteroatoms. The van der Waals surface area contributed by atoms with Gasteiger partial charge in [0.2, 0.25) is 0 Å². The van der Waals surface area contributed by atoms with Gasteiger partial charge in [0.05, 0.1) is 5.75 Å². The van der Waals surface area contributed by atoms with Crippen molar-refractivity contribution in [1.29, 1.82) is 0 Å². The predicted molar refractivity (Wildman–Crippen MR) is 67.1 cm³/mol. The highest BCUT2D eigenvalue weighted by molar-refractivity contribution is 7.90. The van der Waals surface area contributed by atoms with E-state index in [0.717, 1.165) is 6.26 Å². The highest BCUT2D eigenvalue weighted by atomic mass is 32.2. The summed E-state index contributed by atoms with van der Waals surface area (Å²) in [5, 5.41) is 11.1. The minimum atomic E-state index is -3.26. The van der Waals surface area contributed by atoms with E-state index < -0.39 is 27.9 Å². The summed E-state index contributed by atoms with van der Waals surface area (Å²) in [6.07, 6.45) is 2.34. The quantitative estimate of drug-likeness (QED) is 0.622. The van der Waals surface area contributed by atoms with Crippen LogP contribution in [0, 0.1) is 0 Å². The van der Waals surface area contributed by atoms with Crippen LogP contribution in [0.4, 0.5) is 4.79 Å². The van der Waals surface area contributed by atoms with Gasteiger partial charge in [-0.2, -0.15) is 0 Å². The van der Waals surface area contributed by atoms with Gasteiger partial charge in [0, 0.05) is 19.8 Å². The minimum Gasteiger partial charge on any atom is -0.480 e. The number of likely N-dealkylation sites (N-methyl/N-ethyl adjacent to an activating group) is 1. The Morgan fingerprint density at radius 1 is 1.50 bits per heavy atom. The summed E-state index contributed by atoms with van der Waals surface area (Å²) in [7, 11) is -1.78. The average molecular weight is 278 g/mol. The van der Waals surface area contributed by atoms with Crippen LogP contribution in [-0.2, 0) is 14.6 Å². The lowest BCUT2D eigenvalue weighted by Gasteiger charge is -2.20. The number of rotatable bonds is 7. The average Bonchev–Trinajstić information content (AvgIpc) is 2.22. The number of carboxylic acid groups (broad SMARTS) is 1. The van der Waals surface area contributed by atoms with Gasteiger partial charge in [-0.1, -0.05) is 6.08 Å². The highest BCUT2D eigenvalue weighted by Gasteiger charge is 2.22. The molecule has 0 fully saturated rings. The van der Waals surface area contributed by atoms with Crippen molar-refractivity contribution in [2.75, 3.05) is 25.6 Å². The molecule has 0 saturated carbocycles. The number of carbonyl (C=O) groups is 2. The monoisotopic (exact) mass is 278 g/mol. The van der Waals surface area contributed by atoms with Crippen LogP contribution in [-0.4, -0.2) is 62.1 Å². The second-order valence-corrected chi connectivity index (χ2v) is 6.19. The largest absolute Gasteiger partial charge is 0.480 e. The van der Waals surface area contributed by atoms with E-state index in [1.807, 2.05) is 0 Å². The molecule has 0 rings (SSSR count). The van der Waals surface area contributed by atoms with E-state index in [1.165, 1.54) is 18.0 Å². The molecule has 0 aliphatic heterocycles. The van der Waals surface area contributed by atoms with Gasteiger partial charge >= 0.3 is 12.0 Å². The Bertz CT molecular complexity index is 418. The van der Waals surface area contributed by atoms with E-state index in [4.69, 9.17) is 5.11 Å². The number of carbonyl (C=O) groups excluding carboxylic acids is 1. The van der Waals surface area contributed by atoms with Gasteiger partial charge in [0.15, 0.2) is 0 Å². The number of hydrogen-bond acceptors (Lipinski definition) is 4. The second-order valence-electron chi connectivity index (χ2n) is 3.93. The number of hydrogen-bond donors (Lipinski definition) is 2. The van der Waals surface area contributed by atoms with Crippen LogP contribution in [0.1, 0.15) is 6.42 Å². The zero-order valence-electron chi connectivity index (χ0n) is 10.4. The maximum absolute atomic E-state index is 11.5. The Morgan fingerprint density at radius 2 is 2.06 bits per heavy atom. The summed E-state index contributed by atoms with van der Waals surface area (Å²) in [4.78, 5) is 23.7. The van der Waals surface area contributed by atoms with Gasteiger partial charge in [-0.15, -0.1) is 6.58 Å². The fourth-order valence-electron chi connectivity index (χ4n) is 1.13. The zero-order chi connectivity index (χ0) is 14.3. The molecule has 7 nitrogen and oxygen atoms in total. The standard InChI is InChI=1S/C10H18N2O5S/c1-4-6-12(2)10(15)11-8(9(13)14)5-7-18(3,16)17/h4,8H,1,5-7H2,2-3H3,(H,11,15)(H,13,14). The van der Waals surface area contributed by atoms with Gasteiger partial charge in [-0.25, -0.2) is 18.0 Å². The number of sulfone groups is 1. The molecule has 0 aromatic rings. The van der Waals surface area contributed by atoms with Crippen molar-refractivity contribution in [2.24, 2.45) is 0 Å². The Morgan fingerprint density at radius 3 is 2.44 bits per heavy atom. The molecule has 18 heavy (non-hydrogen) atoms. The van der Waals surface area contributed by atoms with Crippen molar-refractivity contribution in [1.82, 2.24) is 10.2 Å². The fraction of sp³-hybridized carbons (Fsp3) is 0.600. The molecular weight excluding hydrogens is 260 g/mol. The smallest absolute Gasteiger partial charge is 0.326 e. The Balaban J connectivity index is 4.49. The van der Waals surface area contributed by atoms with E-state index in [9.17, 15) is 18.0 Å². The number of amides is 2. The lowest BCUT2D eigenvalue weighted by atomic mass is 10.2. The molecule has 0 saturated heterocycles. The minimum absolute atomic E-state index is 0.165. The van der Waals surface area contributed by atoms with Crippen molar-refractivity contribution < 1.29 is 23.1 Å². The van der Waals surface area contributed by atoms with Crippen molar-refractivity contribution in [3.8, 4) is 0 Å². The Hall–Kier alpha value is -1.57. The van der Waals surface area contributed by atoms with E-state index in [0.29, 0.717) is 0 Å². The van der Waals surface area contributed by atoms with Crippen molar-refractivity contribution in [3.63, 3.8) is 0 Å². The molecule has 0 bridgehead atoms.